The van der Waals surface area contributed by atoms with Crippen molar-refractivity contribution in [3.05, 3.63) is 83.9 Å². The average molecular weight is 555 g/mol. The lowest BCUT2D eigenvalue weighted by molar-refractivity contribution is 0.0150. The molecule has 3 aromatic carbocycles. The summed E-state index contributed by atoms with van der Waals surface area (Å²) in [6, 6.07) is 22.9. The molecule has 2 aliphatic heterocycles. The van der Waals surface area contributed by atoms with E-state index in [0.717, 1.165) is 27.8 Å². The Morgan fingerprint density at radius 2 is 1.88 bits per heavy atom. The number of benzene rings is 3. The molecule has 2 aliphatic rings. The fraction of sp³-hybridized carbons (Fsp3) is 0.344. The van der Waals surface area contributed by atoms with Crippen molar-refractivity contribution in [2.24, 2.45) is 0 Å². The predicted octanol–water partition coefficient (Wildman–Crippen LogP) is 4.94. The van der Waals surface area contributed by atoms with Crippen LogP contribution < -0.4 is 4.90 Å². The van der Waals surface area contributed by atoms with Crippen molar-refractivity contribution in [3.63, 3.8) is 0 Å². The Bertz CT molecular complexity index is 1510. The van der Waals surface area contributed by atoms with Crippen LogP contribution in [-0.4, -0.2) is 77.7 Å². The second-order valence-electron chi connectivity index (χ2n) is 10.6. The Balaban J connectivity index is 1.30. The maximum Gasteiger partial charge on any atom is 0.410 e. The van der Waals surface area contributed by atoms with Gasteiger partial charge in [-0.3, -0.25) is 4.90 Å². The minimum Gasteiger partial charge on any atom is -0.507 e. The lowest BCUT2D eigenvalue weighted by Gasteiger charge is -2.41. The van der Waals surface area contributed by atoms with Gasteiger partial charge in [-0.15, -0.1) is 0 Å². The van der Waals surface area contributed by atoms with Crippen molar-refractivity contribution < 1.29 is 24.1 Å². The summed E-state index contributed by atoms with van der Waals surface area (Å²) >= 11 is 0. The van der Waals surface area contributed by atoms with Gasteiger partial charge in [0.25, 0.3) is 0 Å². The van der Waals surface area contributed by atoms with Gasteiger partial charge in [0.05, 0.1) is 43.5 Å². The number of carbonyl (C=O) groups excluding carboxylic acids is 1. The van der Waals surface area contributed by atoms with Gasteiger partial charge < -0.3 is 24.2 Å². The number of aromatic hydroxyl groups is 1. The first-order valence-electron chi connectivity index (χ1n) is 14.0. The van der Waals surface area contributed by atoms with E-state index in [1.807, 2.05) is 67.6 Å². The van der Waals surface area contributed by atoms with Gasteiger partial charge in [-0.1, -0.05) is 48.5 Å². The van der Waals surface area contributed by atoms with Gasteiger partial charge in [-0.25, -0.2) is 14.8 Å². The normalized spacial score (nSPS) is 19.0. The third-order valence-corrected chi connectivity index (χ3v) is 7.57. The molecule has 1 unspecified atom stereocenters. The van der Waals surface area contributed by atoms with Gasteiger partial charge in [0, 0.05) is 31.4 Å². The number of hydrogen-bond acceptors (Lipinski definition) is 8. The highest BCUT2D eigenvalue weighted by Crippen LogP contribution is 2.33. The van der Waals surface area contributed by atoms with E-state index < -0.39 is 0 Å². The van der Waals surface area contributed by atoms with Gasteiger partial charge in [-0.2, -0.15) is 0 Å². The molecule has 0 saturated carbocycles. The van der Waals surface area contributed by atoms with Gasteiger partial charge >= 0.3 is 6.09 Å². The largest absolute Gasteiger partial charge is 0.507 e. The summed E-state index contributed by atoms with van der Waals surface area (Å²) in [6.45, 7) is 5.38. The van der Waals surface area contributed by atoms with Crippen LogP contribution in [0.1, 0.15) is 17.5 Å². The van der Waals surface area contributed by atoms with E-state index in [2.05, 4.69) is 4.90 Å². The third kappa shape index (κ3) is 6.11. The number of anilines is 1. The van der Waals surface area contributed by atoms with Gasteiger partial charge in [0.2, 0.25) is 0 Å². The van der Waals surface area contributed by atoms with Crippen molar-refractivity contribution in [2.45, 2.75) is 32.1 Å². The van der Waals surface area contributed by atoms with Gasteiger partial charge in [0.1, 0.15) is 17.7 Å². The lowest BCUT2D eigenvalue weighted by atomic mass is 10.1. The lowest BCUT2D eigenvalue weighted by Crippen LogP contribution is -2.57. The maximum absolute atomic E-state index is 13.3. The van der Waals surface area contributed by atoms with Crippen molar-refractivity contribution in [1.29, 1.82) is 0 Å². The number of piperazine rings is 1. The first-order valence-corrected chi connectivity index (χ1v) is 14.0. The molecule has 2 fully saturated rings. The van der Waals surface area contributed by atoms with Crippen LogP contribution in [0.25, 0.3) is 22.3 Å². The van der Waals surface area contributed by atoms with Crippen molar-refractivity contribution in [3.8, 4) is 17.1 Å². The molecule has 41 heavy (non-hydrogen) atoms. The third-order valence-electron chi connectivity index (χ3n) is 7.57. The second kappa shape index (κ2) is 12.1. The first-order chi connectivity index (χ1) is 20.0. The highest BCUT2D eigenvalue weighted by Gasteiger charge is 2.35. The number of hydrogen-bond donors (Lipinski definition) is 1. The number of carbonyl (C=O) groups is 1. The Hall–Kier alpha value is -4.21. The van der Waals surface area contributed by atoms with Crippen molar-refractivity contribution in [1.82, 2.24) is 14.9 Å². The summed E-state index contributed by atoms with van der Waals surface area (Å²) in [7, 11) is 0. The molecular formula is C32H34N4O5. The topological polar surface area (TPSA) is 97.3 Å². The molecule has 4 aromatic rings. The Kier molecular flexibility index (Phi) is 7.98. The zero-order valence-corrected chi connectivity index (χ0v) is 23.1. The van der Waals surface area contributed by atoms with Crippen LogP contribution >= 0.6 is 0 Å². The second-order valence-corrected chi connectivity index (χ2v) is 10.6. The summed E-state index contributed by atoms with van der Waals surface area (Å²) in [5, 5.41) is 11.5. The number of phenols is 1. The van der Waals surface area contributed by atoms with Crippen LogP contribution in [0.3, 0.4) is 0 Å². The molecule has 0 spiro atoms. The molecule has 2 saturated heterocycles. The van der Waals surface area contributed by atoms with E-state index >= 15 is 0 Å². The summed E-state index contributed by atoms with van der Waals surface area (Å²) in [5.41, 5.74) is 3.53. The molecule has 3 heterocycles. The fourth-order valence-corrected chi connectivity index (χ4v) is 5.38. The standard InChI is InChI=1S/C32H34N4O5/c1-22-11-12-26-28(17-22)33-30(27-9-5-6-10-29(27)37)34-31(26)35-14-15-36(32(38)41-25-13-16-39-21-25)24(18-35)20-40-19-23-7-3-2-4-8-23/h2-12,17,24-25,37H,13-16,18-21H2,1H3/t24?,25-/m1/s1. The Labute approximate surface area is 239 Å². The zero-order chi connectivity index (χ0) is 28.2. The molecule has 0 aliphatic carbocycles. The minimum atomic E-state index is -0.341. The number of ether oxygens (including phenoxy) is 3. The van der Waals surface area contributed by atoms with Crippen LogP contribution in [-0.2, 0) is 20.8 Å². The maximum atomic E-state index is 13.3. The minimum absolute atomic E-state index is 0.126. The first kappa shape index (κ1) is 27.0. The number of para-hydroxylation sites is 1. The van der Waals surface area contributed by atoms with E-state index in [9.17, 15) is 9.90 Å². The average Bonchev–Trinajstić information content (AvgIpc) is 3.50. The Morgan fingerprint density at radius 3 is 2.68 bits per heavy atom. The molecule has 0 bridgehead atoms. The van der Waals surface area contributed by atoms with Gasteiger partial charge in [0.15, 0.2) is 5.82 Å². The molecule has 1 aromatic heterocycles. The number of fused-ring (bicyclic) bond motifs is 1. The van der Waals surface area contributed by atoms with Crippen LogP contribution in [0.15, 0.2) is 72.8 Å². The molecule has 1 N–H and O–H groups in total. The SMILES string of the molecule is Cc1ccc2c(N3CCN(C(=O)O[C@@H]4CCOC4)C(COCc4ccccc4)C3)nc(-c3ccccc3O)nc2c1. The Morgan fingerprint density at radius 1 is 1.05 bits per heavy atom. The number of nitrogens with zero attached hydrogens (tertiary/aromatic N) is 4. The smallest absolute Gasteiger partial charge is 0.410 e. The van der Waals surface area contributed by atoms with E-state index in [0.29, 0.717) is 63.9 Å². The predicted molar refractivity (Wildman–Crippen MR) is 156 cm³/mol. The van der Waals surface area contributed by atoms with Gasteiger partial charge in [-0.05, 0) is 42.3 Å². The van der Waals surface area contributed by atoms with Crippen molar-refractivity contribution in [2.75, 3.05) is 44.4 Å². The van der Waals surface area contributed by atoms with Crippen LogP contribution in [0.4, 0.5) is 10.6 Å². The molecule has 2 atom stereocenters. The number of rotatable bonds is 7. The quantitative estimate of drug-likeness (QED) is 0.343. The summed E-state index contributed by atoms with van der Waals surface area (Å²) in [6.07, 6.45) is 0.149. The van der Waals surface area contributed by atoms with Crippen LogP contribution in [0.2, 0.25) is 0 Å². The van der Waals surface area contributed by atoms with E-state index in [1.54, 1.807) is 17.0 Å². The van der Waals surface area contributed by atoms with E-state index in [4.69, 9.17) is 24.2 Å². The molecule has 0 radical (unpaired) electrons. The fourth-order valence-electron chi connectivity index (χ4n) is 5.38. The summed E-state index contributed by atoms with van der Waals surface area (Å²) < 4.78 is 17.3. The van der Waals surface area contributed by atoms with Crippen LogP contribution in [0.5, 0.6) is 5.75 Å². The molecular weight excluding hydrogens is 520 g/mol. The van der Waals surface area contributed by atoms with E-state index in [-0.39, 0.29) is 24.0 Å². The summed E-state index contributed by atoms with van der Waals surface area (Å²) in [5.74, 6) is 1.34. The number of phenolic OH excluding ortho intramolecular Hbond substituents is 1. The molecule has 9 nitrogen and oxygen atoms in total. The molecule has 212 valence electrons. The zero-order valence-electron chi connectivity index (χ0n) is 23.1. The number of amides is 1. The van der Waals surface area contributed by atoms with Crippen molar-refractivity contribution >= 4 is 22.8 Å². The number of aryl methyl sites for hydroxylation is 1. The summed E-state index contributed by atoms with van der Waals surface area (Å²) in [4.78, 5) is 27.0. The van der Waals surface area contributed by atoms with Crippen LogP contribution in [0, 0.1) is 6.92 Å². The highest BCUT2D eigenvalue weighted by atomic mass is 16.6. The molecule has 9 heteroatoms. The highest BCUT2D eigenvalue weighted by molar-refractivity contribution is 5.92. The molecule has 1 amide bonds. The van der Waals surface area contributed by atoms with E-state index in [1.165, 1.54) is 0 Å². The monoisotopic (exact) mass is 554 g/mol. The number of aromatic nitrogens is 2. The molecule has 6 rings (SSSR count).